The zero-order chi connectivity index (χ0) is 20.1. The van der Waals surface area contributed by atoms with Crippen molar-refractivity contribution in [3.63, 3.8) is 0 Å². The summed E-state index contributed by atoms with van der Waals surface area (Å²) in [6, 6.07) is 7.28. The van der Waals surface area contributed by atoms with Gasteiger partial charge in [-0.3, -0.25) is 9.59 Å². The van der Waals surface area contributed by atoms with Gasteiger partial charge >= 0.3 is 0 Å². The van der Waals surface area contributed by atoms with Gasteiger partial charge in [0, 0.05) is 25.2 Å². The lowest BCUT2D eigenvalue weighted by molar-refractivity contribution is 0.0793. The quantitative estimate of drug-likeness (QED) is 0.752. The molecule has 146 valence electrons. The minimum atomic E-state index is -0.470. The van der Waals surface area contributed by atoms with Crippen LogP contribution in [0, 0.1) is 18.7 Å². The van der Waals surface area contributed by atoms with E-state index < -0.39 is 11.7 Å². The highest BCUT2D eigenvalue weighted by Gasteiger charge is 2.20. The molecule has 1 unspecified atom stereocenters. The first-order chi connectivity index (χ1) is 12.7. The number of halogens is 1. The number of hydrogen-bond acceptors (Lipinski definition) is 4. The minimum absolute atomic E-state index is 0.0470. The van der Waals surface area contributed by atoms with Gasteiger partial charge in [0.1, 0.15) is 5.82 Å². The van der Waals surface area contributed by atoms with E-state index in [0.717, 1.165) is 12.0 Å². The molecular formula is C20H26FN3O2S. The maximum Gasteiger partial charge on any atom is 0.264 e. The number of nitrogens with two attached hydrogens (primary N) is 1. The van der Waals surface area contributed by atoms with Crippen LogP contribution in [-0.2, 0) is 0 Å². The number of benzene rings is 1. The van der Waals surface area contributed by atoms with Crippen LogP contribution < -0.4 is 11.1 Å². The Kier molecular flexibility index (Phi) is 7.10. The number of carbonyl (C=O) groups excluding carboxylic acids is 2. The fraction of sp³-hybridized carbons (Fsp3) is 0.400. The summed E-state index contributed by atoms with van der Waals surface area (Å²) in [5, 5.41) is 3.28. The number of hydrogen-bond donors (Lipinski definition) is 2. The molecule has 0 aliphatic heterocycles. The molecule has 1 aromatic carbocycles. The maximum atomic E-state index is 13.3. The van der Waals surface area contributed by atoms with Gasteiger partial charge in [-0.2, -0.15) is 0 Å². The maximum absolute atomic E-state index is 13.3. The summed E-state index contributed by atoms with van der Waals surface area (Å²) in [6.07, 6.45) is 0.730. The summed E-state index contributed by atoms with van der Waals surface area (Å²) in [5.41, 5.74) is 7.07. The van der Waals surface area contributed by atoms with Crippen molar-refractivity contribution in [2.24, 2.45) is 11.7 Å². The molecule has 2 aromatic rings. The van der Waals surface area contributed by atoms with Crippen LogP contribution >= 0.6 is 11.3 Å². The Morgan fingerprint density at radius 3 is 2.63 bits per heavy atom. The molecule has 0 radical (unpaired) electrons. The highest BCUT2D eigenvalue weighted by molar-refractivity contribution is 7.18. The molecule has 3 N–H and O–H groups in total. The van der Waals surface area contributed by atoms with E-state index in [-0.39, 0.29) is 17.5 Å². The van der Waals surface area contributed by atoms with Crippen LogP contribution in [0.2, 0.25) is 0 Å². The van der Waals surface area contributed by atoms with Crippen molar-refractivity contribution in [1.82, 2.24) is 4.90 Å². The van der Waals surface area contributed by atoms with Gasteiger partial charge < -0.3 is 16.0 Å². The van der Waals surface area contributed by atoms with Crippen molar-refractivity contribution >= 4 is 28.2 Å². The molecule has 0 saturated carbocycles. The topological polar surface area (TPSA) is 75.4 Å². The highest BCUT2D eigenvalue weighted by Crippen LogP contribution is 2.28. The van der Waals surface area contributed by atoms with Crippen molar-refractivity contribution in [3.05, 3.63) is 52.2 Å². The molecule has 7 heteroatoms. The van der Waals surface area contributed by atoms with Crippen LogP contribution in [0.15, 0.2) is 30.3 Å². The van der Waals surface area contributed by atoms with Crippen LogP contribution in [0.4, 0.5) is 9.39 Å². The first-order valence-corrected chi connectivity index (χ1v) is 9.69. The van der Waals surface area contributed by atoms with E-state index in [4.69, 9.17) is 5.73 Å². The SMILES string of the molecule is Cc1cc(NC(=O)c2cccc(F)c2)sc1C(=O)N(C)CCC(N)C(C)C. The summed E-state index contributed by atoms with van der Waals surface area (Å²) in [5.74, 6) is -0.616. The largest absolute Gasteiger partial charge is 0.341 e. The van der Waals surface area contributed by atoms with E-state index >= 15 is 0 Å². The summed E-state index contributed by atoms with van der Waals surface area (Å²) in [4.78, 5) is 27.2. The van der Waals surface area contributed by atoms with Crippen molar-refractivity contribution in [2.45, 2.75) is 33.2 Å². The van der Waals surface area contributed by atoms with Gasteiger partial charge in [0.2, 0.25) is 0 Å². The first-order valence-electron chi connectivity index (χ1n) is 8.87. The van der Waals surface area contributed by atoms with Gasteiger partial charge in [0.15, 0.2) is 0 Å². The molecule has 1 atom stereocenters. The van der Waals surface area contributed by atoms with Crippen molar-refractivity contribution in [1.29, 1.82) is 0 Å². The number of rotatable bonds is 7. The molecule has 0 aliphatic rings. The third-order valence-corrected chi connectivity index (χ3v) is 5.58. The Bertz CT molecular complexity index is 819. The first kappa shape index (κ1) is 21.1. The number of nitrogens with zero attached hydrogens (tertiary/aromatic N) is 1. The summed E-state index contributed by atoms with van der Waals surface area (Å²) < 4.78 is 13.3. The molecule has 0 aliphatic carbocycles. The normalized spacial score (nSPS) is 12.1. The number of nitrogens with one attached hydrogen (secondary N) is 1. The molecule has 1 heterocycles. The van der Waals surface area contributed by atoms with E-state index in [1.54, 1.807) is 18.0 Å². The lowest BCUT2D eigenvalue weighted by atomic mass is 10.0. The van der Waals surface area contributed by atoms with Gasteiger partial charge in [0.25, 0.3) is 11.8 Å². The molecular weight excluding hydrogens is 365 g/mol. The number of carbonyl (C=O) groups is 2. The van der Waals surface area contributed by atoms with Crippen molar-refractivity contribution in [2.75, 3.05) is 18.9 Å². The van der Waals surface area contributed by atoms with Crippen molar-refractivity contribution in [3.8, 4) is 0 Å². The second kappa shape index (κ2) is 9.10. The molecule has 0 spiro atoms. The van der Waals surface area contributed by atoms with E-state index in [9.17, 15) is 14.0 Å². The fourth-order valence-electron chi connectivity index (χ4n) is 2.52. The third-order valence-electron chi connectivity index (χ3n) is 4.44. The Morgan fingerprint density at radius 2 is 2.00 bits per heavy atom. The molecule has 1 aromatic heterocycles. The van der Waals surface area contributed by atoms with Gasteiger partial charge in [-0.1, -0.05) is 19.9 Å². The smallest absolute Gasteiger partial charge is 0.264 e. The number of amides is 2. The van der Waals surface area contributed by atoms with Gasteiger partial charge in [0.05, 0.1) is 9.88 Å². The Hall–Kier alpha value is -2.25. The van der Waals surface area contributed by atoms with Gasteiger partial charge in [-0.25, -0.2) is 4.39 Å². The summed E-state index contributed by atoms with van der Waals surface area (Å²) in [6.45, 7) is 6.52. The zero-order valence-corrected chi connectivity index (χ0v) is 16.9. The number of thiophene rings is 1. The molecule has 2 rings (SSSR count). The molecule has 2 amide bonds. The van der Waals surface area contributed by atoms with Gasteiger partial charge in [-0.05, 0) is 49.1 Å². The van der Waals surface area contributed by atoms with Crippen LogP contribution in [0.25, 0.3) is 0 Å². The van der Waals surface area contributed by atoms with Crippen LogP contribution in [0.5, 0.6) is 0 Å². The molecule has 5 nitrogen and oxygen atoms in total. The van der Waals surface area contributed by atoms with Crippen LogP contribution in [0.1, 0.15) is 45.9 Å². The molecule has 0 fully saturated rings. The monoisotopic (exact) mass is 391 g/mol. The average Bonchev–Trinajstić information content (AvgIpc) is 2.98. The fourth-order valence-corrected chi connectivity index (χ4v) is 3.58. The van der Waals surface area contributed by atoms with Gasteiger partial charge in [-0.15, -0.1) is 11.3 Å². The molecule has 0 saturated heterocycles. The van der Waals surface area contributed by atoms with E-state index in [2.05, 4.69) is 19.2 Å². The predicted octanol–water partition coefficient (Wildman–Crippen LogP) is 3.89. The standard InChI is InChI=1S/C20H26FN3O2S/c1-12(2)16(22)8-9-24(4)20(26)18-13(3)10-17(27-18)23-19(25)14-6-5-7-15(21)11-14/h5-7,10-12,16H,8-9,22H2,1-4H3,(H,23,25). The highest BCUT2D eigenvalue weighted by atomic mass is 32.1. The Morgan fingerprint density at radius 1 is 1.30 bits per heavy atom. The molecule has 27 heavy (non-hydrogen) atoms. The zero-order valence-electron chi connectivity index (χ0n) is 16.1. The Balaban J connectivity index is 2.04. The predicted molar refractivity (Wildman–Crippen MR) is 108 cm³/mol. The summed E-state index contributed by atoms with van der Waals surface area (Å²) in [7, 11) is 1.75. The lowest BCUT2D eigenvalue weighted by Gasteiger charge is -2.21. The number of aryl methyl sites for hydroxylation is 1. The van der Waals surface area contributed by atoms with Crippen molar-refractivity contribution < 1.29 is 14.0 Å². The second-order valence-electron chi connectivity index (χ2n) is 7.01. The minimum Gasteiger partial charge on any atom is -0.341 e. The second-order valence-corrected chi connectivity index (χ2v) is 8.06. The molecule has 0 bridgehead atoms. The summed E-state index contributed by atoms with van der Waals surface area (Å²) >= 11 is 1.22. The Labute approximate surface area is 163 Å². The third kappa shape index (κ3) is 5.61. The lowest BCUT2D eigenvalue weighted by Crippen LogP contribution is -2.34. The van der Waals surface area contributed by atoms with E-state index in [1.165, 1.54) is 35.6 Å². The van der Waals surface area contributed by atoms with E-state index in [0.29, 0.717) is 22.3 Å². The van der Waals surface area contributed by atoms with E-state index in [1.807, 2.05) is 6.92 Å². The number of anilines is 1. The average molecular weight is 392 g/mol. The van der Waals surface area contributed by atoms with Crippen LogP contribution in [-0.4, -0.2) is 36.3 Å². The van der Waals surface area contributed by atoms with Crippen LogP contribution in [0.3, 0.4) is 0 Å².